The number of carboxylic acid groups (broad SMARTS) is 1. The van der Waals surface area contributed by atoms with Crippen molar-refractivity contribution in [1.29, 1.82) is 0 Å². The summed E-state index contributed by atoms with van der Waals surface area (Å²) < 4.78 is 0. The van der Waals surface area contributed by atoms with Gasteiger partial charge in [0.25, 0.3) is 0 Å². The SMILES string of the molecule is C[C@]12CC[C@H](O)CC1=C/C(=N\OCCCC(=O)O)C1C2CC[C@]2(C)C(=O)CCC12. The number of aliphatic carboxylic acids is 1. The molecule has 4 aliphatic carbocycles. The minimum absolute atomic E-state index is 0.0548. The zero-order valence-corrected chi connectivity index (χ0v) is 17.5. The fourth-order valence-corrected chi connectivity index (χ4v) is 6.67. The van der Waals surface area contributed by atoms with E-state index in [4.69, 9.17) is 9.94 Å². The number of oxime groups is 1. The van der Waals surface area contributed by atoms with Crippen molar-refractivity contribution in [2.24, 2.45) is 33.7 Å². The van der Waals surface area contributed by atoms with Crippen LogP contribution >= 0.6 is 0 Å². The number of allylic oxidation sites excluding steroid dienone is 1. The topological polar surface area (TPSA) is 96.2 Å². The first-order chi connectivity index (χ1) is 13.8. The Labute approximate surface area is 172 Å². The first-order valence-corrected chi connectivity index (χ1v) is 11.1. The Morgan fingerprint density at radius 3 is 2.69 bits per heavy atom. The Bertz CT molecular complexity index is 758. The van der Waals surface area contributed by atoms with Crippen LogP contribution in [-0.4, -0.2) is 40.4 Å². The van der Waals surface area contributed by atoms with Crippen LogP contribution in [0.3, 0.4) is 0 Å². The summed E-state index contributed by atoms with van der Waals surface area (Å²) in [6.07, 6.45) is 8.32. The third-order valence-corrected chi connectivity index (χ3v) is 8.44. The summed E-state index contributed by atoms with van der Waals surface area (Å²) in [5.74, 6) is 0.461. The fourth-order valence-electron chi connectivity index (χ4n) is 6.67. The van der Waals surface area contributed by atoms with Gasteiger partial charge in [-0.3, -0.25) is 9.59 Å². The van der Waals surface area contributed by atoms with Crippen LogP contribution in [0.4, 0.5) is 0 Å². The van der Waals surface area contributed by atoms with Gasteiger partial charge in [0.1, 0.15) is 12.4 Å². The second-order valence-corrected chi connectivity index (χ2v) is 9.99. The Morgan fingerprint density at radius 1 is 1.21 bits per heavy atom. The third-order valence-electron chi connectivity index (χ3n) is 8.44. The number of carboxylic acids is 1. The molecule has 4 rings (SSSR count). The van der Waals surface area contributed by atoms with Gasteiger partial charge < -0.3 is 15.1 Å². The minimum Gasteiger partial charge on any atom is -0.481 e. The lowest BCUT2D eigenvalue weighted by atomic mass is 9.47. The van der Waals surface area contributed by atoms with E-state index in [0.29, 0.717) is 31.0 Å². The molecule has 3 unspecified atom stereocenters. The van der Waals surface area contributed by atoms with Crippen molar-refractivity contribution in [2.75, 3.05) is 6.61 Å². The van der Waals surface area contributed by atoms with Crippen molar-refractivity contribution in [2.45, 2.75) is 77.7 Å². The van der Waals surface area contributed by atoms with Crippen molar-refractivity contribution in [3.8, 4) is 0 Å². The van der Waals surface area contributed by atoms with E-state index >= 15 is 0 Å². The van der Waals surface area contributed by atoms with E-state index in [0.717, 1.165) is 37.8 Å². The predicted octanol–water partition coefficient (Wildman–Crippen LogP) is 3.73. The molecule has 160 valence electrons. The molecule has 4 aliphatic rings. The van der Waals surface area contributed by atoms with E-state index in [1.807, 2.05) is 0 Å². The van der Waals surface area contributed by atoms with Gasteiger partial charge in [-0.15, -0.1) is 0 Å². The Hall–Kier alpha value is -1.69. The van der Waals surface area contributed by atoms with Crippen molar-refractivity contribution >= 4 is 17.5 Å². The molecule has 0 amide bonds. The number of fused-ring (bicyclic) bond motifs is 5. The Kier molecular flexibility index (Phi) is 5.34. The molecule has 0 spiro atoms. The molecule has 3 saturated carbocycles. The molecule has 0 aromatic rings. The van der Waals surface area contributed by atoms with Crippen LogP contribution in [0.5, 0.6) is 0 Å². The van der Waals surface area contributed by atoms with Crippen LogP contribution in [-0.2, 0) is 14.4 Å². The monoisotopic (exact) mass is 403 g/mol. The Balaban J connectivity index is 1.65. The number of Topliss-reactive ketones (excluding diaryl/α,β-unsaturated/α-hetero) is 1. The van der Waals surface area contributed by atoms with E-state index in [-0.39, 0.29) is 41.8 Å². The van der Waals surface area contributed by atoms with E-state index in [9.17, 15) is 14.7 Å². The van der Waals surface area contributed by atoms with Crippen molar-refractivity contribution in [1.82, 2.24) is 0 Å². The summed E-state index contributed by atoms with van der Waals surface area (Å²) in [6, 6.07) is 0. The zero-order chi connectivity index (χ0) is 20.8. The van der Waals surface area contributed by atoms with Crippen molar-refractivity contribution in [3.05, 3.63) is 11.6 Å². The van der Waals surface area contributed by atoms with Gasteiger partial charge in [0.15, 0.2) is 0 Å². The molecule has 0 radical (unpaired) electrons. The normalized spacial score (nSPS) is 42.7. The van der Waals surface area contributed by atoms with Gasteiger partial charge in [0.05, 0.1) is 11.8 Å². The van der Waals surface area contributed by atoms with Crippen molar-refractivity contribution in [3.63, 3.8) is 0 Å². The smallest absolute Gasteiger partial charge is 0.303 e. The molecule has 0 aliphatic heterocycles. The molecular formula is C23H33NO5. The number of ketones is 1. The maximum Gasteiger partial charge on any atom is 0.303 e. The number of carbonyl (C=O) groups excluding carboxylic acids is 1. The first-order valence-electron chi connectivity index (χ1n) is 11.1. The molecule has 0 aromatic carbocycles. The van der Waals surface area contributed by atoms with Gasteiger partial charge in [-0.25, -0.2) is 0 Å². The zero-order valence-electron chi connectivity index (χ0n) is 17.5. The number of rotatable bonds is 5. The largest absolute Gasteiger partial charge is 0.481 e. The van der Waals surface area contributed by atoms with Crippen LogP contribution < -0.4 is 0 Å². The summed E-state index contributed by atoms with van der Waals surface area (Å²) in [5.41, 5.74) is 1.95. The standard InChI is InChI=1S/C23H33NO5/c1-22-9-7-15(25)12-14(22)13-18(24-29-11-3-4-20(27)28)21-16-5-6-19(26)23(16,2)10-8-17(21)22/h13,15-17,21,25H,3-12H2,1-2H3,(H,27,28)/b24-18+/t15-,16?,17?,21?,22-,23-/m0/s1. The summed E-state index contributed by atoms with van der Waals surface area (Å²) in [7, 11) is 0. The van der Waals surface area contributed by atoms with Crippen LogP contribution in [0.1, 0.15) is 71.6 Å². The van der Waals surface area contributed by atoms with Gasteiger partial charge in [-0.05, 0) is 68.3 Å². The fraction of sp³-hybridized carbons (Fsp3) is 0.783. The molecule has 29 heavy (non-hydrogen) atoms. The summed E-state index contributed by atoms with van der Waals surface area (Å²) >= 11 is 0. The van der Waals surface area contributed by atoms with Crippen LogP contribution in [0, 0.1) is 28.6 Å². The van der Waals surface area contributed by atoms with Crippen LogP contribution in [0.15, 0.2) is 16.8 Å². The van der Waals surface area contributed by atoms with Crippen molar-refractivity contribution < 1.29 is 24.6 Å². The molecule has 0 saturated heterocycles. The quantitative estimate of drug-likeness (QED) is 0.539. The van der Waals surface area contributed by atoms with E-state index in [1.165, 1.54) is 5.57 Å². The highest BCUT2D eigenvalue weighted by atomic mass is 16.6. The molecule has 6 nitrogen and oxygen atoms in total. The number of hydrogen-bond donors (Lipinski definition) is 2. The van der Waals surface area contributed by atoms with Gasteiger partial charge in [0.2, 0.25) is 0 Å². The maximum absolute atomic E-state index is 12.7. The highest BCUT2D eigenvalue weighted by molar-refractivity contribution is 6.00. The van der Waals surface area contributed by atoms with E-state index < -0.39 is 5.97 Å². The number of carbonyl (C=O) groups is 2. The predicted molar refractivity (Wildman–Crippen MR) is 108 cm³/mol. The lowest BCUT2D eigenvalue weighted by molar-refractivity contribution is -0.137. The highest BCUT2D eigenvalue weighted by Gasteiger charge is 2.60. The third kappa shape index (κ3) is 3.43. The average molecular weight is 404 g/mol. The molecule has 0 bridgehead atoms. The second-order valence-electron chi connectivity index (χ2n) is 9.99. The first kappa shape index (κ1) is 20.6. The number of nitrogens with zero attached hydrogens (tertiary/aromatic N) is 1. The average Bonchev–Trinajstić information content (AvgIpc) is 2.97. The van der Waals surface area contributed by atoms with E-state index in [2.05, 4.69) is 25.1 Å². The van der Waals surface area contributed by atoms with Crippen LogP contribution in [0.25, 0.3) is 0 Å². The summed E-state index contributed by atoms with van der Waals surface area (Å²) in [6.45, 7) is 4.75. The number of aliphatic hydroxyl groups excluding tert-OH is 1. The lowest BCUT2D eigenvalue weighted by Crippen LogP contribution is -2.53. The minimum atomic E-state index is -0.833. The van der Waals surface area contributed by atoms with Gasteiger partial charge >= 0.3 is 5.97 Å². The van der Waals surface area contributed by atoms with E-state index in [1.54, 1.807) is 0 Å². The Morgan fingerprint density at radius 2 is 1.93 bits per heavy atom. The molecule has 6 heteroatoms. The molecule has 2 N–H and O–H groups in total. The lowest BCUT2D eigenvalue weighted by Gasteiger charge is -2.56. The molecule has 3 fully saturated rings. The molecular weight excluding hydrogens is 370 g/mol. The van der Waals surface area contributed by atoms with Crippen LogP contribution in [0.2, 0.25) is 0 Å². The second kappa shape index (κ2) is 7.53. The number of hydrogen-bond acceptors (Lipinski definition) is 5. The van der Waals surface area contributed by atoms with Gasteiger partial charge in [-0.2, -0.15) is 0 Å². The maximum atomic E-state index is 12.7. The molecule has 6 atom stereocenters. The summed E-state index contributed by atoms with van der Waals surface area (Å²) in [5, 5.41) is 23.5. The molecule has 0 heterocycles. The van der Waals surface area contributed by atoms with Gasteiger partial charge in [0, 0.05) is 24.2 Å². The highest BCUT2D eigenvalue weighted by Crippen LogP contribution is 2.63. The van der Waals surface area contributed by atoms with Gasteiger partial charge in [-0.1, -0.05) is 24.6 Å². The number of aliphatic hydroxyl groups is 1. The molecule has 0 aromatic heterocycles. The summed E-state index contributed by atoms with van der Waals surface area (Å²) in [4.78, 5) is 29.0.